The number of benzene rings is 2. The summed E-state index contributed by atoms with van der Waals surface area (Å²) in [5.74, 6) is -1.18. The molecule has 2 aromatic carbocycles. The van der Waals surface area contributed by atoms with Crippen LogP contribution in [0, 0.1) is 11.6 Å². The Morgan fingerprint density at radius 3 is 2.55 bits per heavy atom. The van der Waals surface area contributed by atoms with Crippen LogP contribution in [-0.4, -0.2) is 15.9 Å². The van der Waals surface area contributed by atoms with Crippen molar-refractivity contribution in [3.8, 4) is 0 Å². The van der Waals surface area contributed by atoms with Crippen molar-refractivity contribution in [3.05, 3.63) is 89.2 Å². The molecular weight excluding hydrogens is 416 g/mol. The van der Waals surface area contributed by atoms with Gasteiger partial charge in [0.2, 0.25) is 5.91 Å². The van der Waals surface area contributed by atoms with Gasteiger partial charge in [0.1, 0.15) is 11.3 Å². The van der Waals surface area contributed by atoms with E-state index in [-0.39, 0.29) is 24.4 Å². The first-order valence-electron chi connectivity index (χ1n) is 9.94. The third-order valence-electron chi connectivity index (χ3n) is 5.00. The molecule has 7 heteroatoms. The zero-order valence-electron chi connectivity index (χ0n) is 17.2. The molecule has 0 atom stereocenters. The Labute approximate surface area is 183 Å². The normalized spacial score (nSPS) is 11.3. The van der Waals surface area contributed by atoms with Crippen molar-refractivity contribution in [2.45, 2.75) is 32.7 Å². The highest BCUT2D eigenvalue weighted by molar-refractivity contribution is 7.22. The lowest BCUT2D eigenvalue weighted by molar-refractivity contribution is -0.118. The maximum atomic E-state index is 14.2. The summed E-state index contributed by atoms with van der Waals surface area (Å²) in [6.07, 6.45) is 3.50. The van der Waals surface area contributed by atoms with Gasteiger partial charge in [0.25, 0.3) is 0 Å². The van der Waals surface area contributed by atoms with Crippen molar-refractivity contribution >= 4 is 32.6 Å². The number of aromatic nitrogens is 2. The SMILES string of the molecule is CC(C)c1ccc(CC(=O)N(Cc2cccnc2)c2nc3c(F)cc(F)cc3s2)cc1. The van der Waals surface area contributed by atoms with E-state index >= 15 is 0 Å². The van der Waals surface area contributed by atoms with E-state index in [1.165, 1.54) is 16.5 Å². The maximum absolute atomic E-state index is 14.2. The molecule has 0 saturated carbocycles. The maximum Gasteiger partial charge on any atom is 0.233 e. The fourth-order valence-corrected chi connectivity index (χ4v) is 4.31. The summed E-state index contributed by atoms with van der Waals surface area (Å²) in [5, 5.41) is 0.326. The average molecular weight is 438 g/mol. The standard InChI is InChI=1S/C24H21F2N3OS/c1-15(2)18-7-5-16(6-8-18)10-22(30)29(14-17-4-3-9-27-13-17)24-28-23-20(26)11-19(25)12-21(23)31-24/h3-9,11-13,15H,10,14H2,1-2H3. The molecule has 4 rings (SSSR count). The summed E-state index contributed by atoms with van der Waals surface area (Å²) >= 11 is 1.09. The molecule has 0 bridgehead atoms. The third-order valence-corrected chi connectivity index (χ3v) is 6.02. The van der Waals surface area contributed by atoms with Gasteiger partial charge < -0.3 is 0 Å². The van der Waals surface area contributed by atoms with Crippen LogP contribution >= 0.6 is 11.3 Å². The van der Waals surface area contributed by atoms with Gasteiger partial charge in [-0.3, -0.25) is 14.7 Å². The Balaban J connectivity index is 1.67. The lowest BCUT2D eigenvalue weighted by Gasteiger charge is -2.20. The number of carbonyl (C=O) groups is 1. The molecule has 0 radical (unpaired) electrons. The van der Waals surface area contributed by atoms with E-state index in [0.29, 0.717) is 15.7 Å². The monoisotopic (exact) mass is 437 g/mol. The van der Waals surface area contributed by atoms with Crippen molar-refractivity contribution in [2.24, 2.45) is 0 Å². The van der Waals surface area contributed by atoms with Crippen LogP contribution in [0.15, 0.2) is 60.9 Å². The fourth-order valence-electron chi connectivity index (χ4n) is 3.29. The lowest BCUT2D eigenvalue weighted by Crippen LogP contribution is -2.31. The molecule has 0 saturated heterocycles. The Morgan fingerprint density at radius 1 is 1.10 bits per heavy atom. The number of pyridine rings is 1. The second-order valence-electron chi connectivity index (χ2n) is 7.65. The van der Waals surface area contributed by atoms with Gasteiger partial charge in [-0.1, -0.05) is 55.5 Å². The van der Waals surface area contributed by atoms with Gasteiger partial charge in [0, 0.05) is 18.5 Å². The average Bonchev–Trinajstić information content (AvgIpc) is 3.17. The minimum Gasteiger partial charge on any atom is -0.283 e. The number of halogens is 2. The number of hydrogen-bond acceptors (Lipinski definition) is 4. The van der Waals surface area contributed by atoms with Crippen molar-refractivity contribution in [3.63, 3.8) is 0 Å². The topological polar surface area (TPSA) is 46.1 Å². The first kappa shape index (κ1) is 21.1. The van der Waals surface area contributed by atoms with Gasteiger partial charge >= 0.3 is 0 Å². The summed E-state index contributed by atoms with van der Waals surface area (Å²) in [6, 6.07) is 13.6. The van der Waals surface area contributed by atoms with E-state index in [0.717, 1.165) is 28.5 Å². The van der Waals surface area contributed by atoms with Crippen molar-refractivity contribution in [1.82, 2.24) is 9.97 Å². The van der Waals surface area contributed by atoms with Gasteiger partial charge in [-0.25, -0.2) is 13.8 Å². The molecule has 0 unspecified atom stereocenters. The third kappa shape index (κ3) is 4.77. The Hall–Kier alpha value is -3.19. The van der Waals surface area contributed by atoms with Gasteiger partial charge in [-0.2, -0.15) is 0 Å². The molecule has 2 heterocycles. The van der Waals surface area contributed by atoms with E-state index < -0.39 is 11.6 Å². The zero-order chi connectivity index (χ0) is 22.0. The van der Waals surface area contributed by atoms with E-state index in [9.17, 15) is 13.6 Å². The summed E-state index contributed by atoms with van der Waals surface area (Å²) in [6.45, 7) is 4.47. The number of hydrogen-bond donors (Lipinski definition) is 0. The van der Waals surface area contributed by atoms with E-state index in [1.807, 2.05) is 30.3 Å². The van der Waals surface area contributed by atoms with E-state index in [4.69, 9.17) is 0 Å². The van der Waals surface area contributed by atoms with Crippen LogP contribution in [0.2, 0.25) is 0 Å². The van der Waals surface area contributed by atoms with Crippen LogP contribution in [-0.2, 0) is 17.8 Å². The van der Waals surface area contributed by atoms with Crippen molar-refractivity contribution < 1.29 is 13.6 Å². The Kier molecular flexibility index (Phi) is 6.04. The Morgan fingerprint density at radius 2 is 1.87 bits per heavy atom. The molecule has 2 aromatic heterocycles. The number of fused-ring (bicyclic) bond motifs is 1. The molecule has 4 nitrogen and oxygen atoms in total. The molecule has 0 N–H and O–H groups in total. The number of rotatable bonds is 6. The highest BCUT2D eigenvalue weighted by atomic mass is 32.1. The van der Waals surface area contributed by atoms with Gasteiger partial charge in [-0.15, -0.1) is 0 Å². The van der Waals surface area contributed by atoms with Gasteiger partial charge in [-0.05, 0) is 34.7 Å². The minimum absolute atomic E-state index is 0.0617. The number of anilines is 1. The lowest BCUT2D eigenvalue weighted by atomic mass is 10.0. The smallest absolute Gasteiger partial charge is 0.233 e. The molecule has 0 spiro atoms. The van der Waals surface area contributed by atoms with Crippen LogP contribution in [0.25, 0.3) is 10.2 Å². The molecule has 0 fully saturated rings. The predicted octanol–water partition coefficient (Wildman–Crippen LogP) is 5.87. The zero-order valence-corrected chi connectivity index (χ0v) is 18.0. The number of amides is 1. The molecule has 0 aliphatic heterocycles. The van der Waals surface area contributed by atoms with Crippen LogP contribution in [0.3, 0.4) is 0 Å². The Bertz CT molecular complexity index is 1210. The number of nitrogens with zero attached hydrogens (tertiary/aromatic N) is 3. The summed E-state index contributed by atoms with van der Waals surface area (Å²) in [4.78, 5) is 23.2. The molecule has 4 aromatic rings. The predicted molar refractivity (Wildman–Crippen MR) is 119 cm³/mol. The number of carbonyl (C=O) groups excluding carboxylic acids is 1. The molecular formula is C24H21F2N3OS. The van der Waals surface area contributed by atoms with Gasteiger partial charge in [0.15, 0.2) is 10.9 Å². The van der Waals surface area contributed by atoms with Gasteiger partial charge in [0.05, 0.1) is 17.7 Å². The molecule has 31 heavy (non-hydrogen) atoms. The van der Waals surface area contributed by atoms with Crippen LogP contribution in [0.1, 0.15) is 36.5 Å². The molecule has 1 amide bonds. The van der Waals surface area contributed by atoms with Crippen molar-refractivity contribution in [2.75, 3.05) is 4.90 Å². The highest BCUT2D eigenvalue weighted by Crippen LogP contribution is 2.32. The molecule has 0 aliphatic rings. The summed E-state index contributed by atoms with van der Waals surface area (Å²) in [5.41, 5.74) is 2.96. The van der Waals surface area contributed by atoms with Crippen molar-refractivity contribution in [1.29, 1.82) is 0 Å². The molecule has 158 valence electrons. The van der Waals surface area contributed by atoms with Crippen LogP contribution in [0.4, 0.5) is 13.9 Å². The first-order valence-corrected chi connectivity index (χ1v) is 10.8. The van der Waals surface area contributed by atoms with E-state index in [2.05, 4.69) is 23.8 Å². The van der Waals surface area contributed by atoms with Crippen LogP contribution in [0.5, 0.6) is 0 Å². The first-order chi connectivity index (χ1) is 14.9. The quantitative estimate of drug-likeness (QED) is 0.379. The highest BCUT2D eigenvalue weighted by Gasteiger charge is 2.22. The number of thiazole rings is 1. The second-order valence-corrected chi connectivity index (χ2v) is 8.65. The summed E-state index contributed by atoms with van der Waals surface area (Å²) in [7, 11) is 0. The van der Waals surface area contributed by atoms with E-state index in [1.54, 1.807) is 18.5 Å². The minimum atomic E-state index is -0.740. The second kappa shape index (κ2) is 8.89. The largest absolute Gasteiger partial charge is 0.283 e. The van der Waals surface area contributed by atoms with Crippen LogP contribution < -0.4 is 4.90 Å². The fraction of sp³-hybridized carbons (Fsp3) is 0.208. The summed E-state index contributed by atoms with van der Waals surface area (Å²) < 4.78 is 28.2. The molecule has 0 aliphatic carbocycles.